The Labute approximate surface area is 84.8 Å². The molecule has 1 aromatic carbocycles. The highest BCUT2D eigenvalue weighted by molar-refractivity contribution is 5.32. The minimum absolute atomic E-state index is 0.231. The highest BCUT2D eigenvalue weighted by atomic mass is 16.5. The van der Waals surface area contributed by atoms with Gasteiger partial charge >= 0.3 is 0 Å². The molecule has 2 nitrogen and oxygen atoms in total. The Balaban J connectivity index is 2.72. The van der Waals surface area contributed by atoms with Crippen LogP contribution in [-0.2, 0) is 0 Å². The van der Waals surface area contributed by atoms with Gasteiger partial charge in [-0.3, -0.25) is 0 Å². The molecule has 14 heavy (non-hydrogen) atoms. The number of phenols is 1. The Hall–Kier alpha value is -1.44. The molecule has 1 rings (SSSR count). The Morgan fingerprint density at radius 2 is 2.21 bits per heavy atom. The topological polar surface area (TPSA) is 29.5 Å². The van der Waals surface area contributed by atoms with Crippen molar-refractivity contribution in [2.24, 2.45) is 0 Å². The summed E-state index contributed by atoms with van der Waals surface area (Å²) in [7, 11) is 0. The largest absolute Gasteiger partial charge is 0.508 e. The Morgan fingerprint density at radius 1 is 1.43 bits per heavy atom. The molecule has 0 saturated heterocycles. The quantitative estimate of drug-likeness (QED) is 0.740. The molecule has 0 aromatic heterocycles. The van der Waals surface area contributed by atoms with Gasteiger partial charge in [-0.15, -0.1) is 0 Å². The molecule has 0 amide bonds. The fraction of sp³-hybridized carbons (Fsp3) is 0.333. The second kappa shape index (κ2) is 5.32. The number of hydrogen-bond donors (Lipinski definition) is 1. The second-order valence-corrected chi connectivity index (χ2v) is 3.03. The van der Waals surface area contributed by atoms with Crippen molar-refractivity contribution in [1.82, 2.24) is 0 Å². The molecule has 0 saturated carbocycles. The first-order valence-corrected chi connectivity index (χ1v) is 4.92. The van der Waals surface area contributed by atoms with Crippen molar-refractivity contribution in [3.63, 3.8) is 0 Å². The van der Waals surface area contributed by atoms with Gasteiger partial charge in [-0.25, -0.2) is 0 Å². The van der Waals surface area contributed by atoms with E-state index in [1.807, 2.05) is 19.1 Å². The van der Waals surface area contributed by atoms with Crippen molar-refractivity contribution < 1.29 is 9.84 Å². The van der Waals surface area contributed by atoms with Gasteiger partial charge < -0.3 is 9.84 Å². The zero-order valence-corrected chi connectivity index (χ0v) is 8.66. The molecular weight excluding hydrogens is 176 g/mol. The number of rotatable bonds is 4. The van der Waals surface area contributed by atoms with E-state index in [0.717, 1.165) is 18.6 Å². The molecule has 0 aliphatic carbocycles. The summed E-state index contributed by atoms with van der Waals surface area (Å²) in [4.78, 5) is 0. The highest BCUT2D eigenvalue weighted by Gasteiger charge is 1.98. The summed E-state index contributed by atoms with van der Waals surface area (Å²) in [6, 6.07) is 6.84. The fourth-order valence-corrected chi connectivity index (χ4v) is 1.18. The lowest BCUT2D eigenvalue weighted by molar-refractivity contribution is 0.401. The van der Waals surface area contributed by atoms with E-state index < -0.39 is 0 Å². The third-order valence-electron chi connectivity index (χ3n) is 1.85. The van der Waals surface area contributed by atoms with E-state index in [4.69, 9.17) is 4.74 Å². The van der Waals surface area contributed by atoms with Crippen molar-refractivity contribution >= 4 is 0 Å². The monoisotopic (exact) mass is 192 g/mol. The van der Waals surface area contributed by atoms with Crippen LogP contribution in [0.3, 0.4) is 0 Å². The van der Waals surface area contributed by atoms with Gasteiger partial charge in [0.1, 0.15) is 11.5 Å². The number of phenolic OH excluding ortho intramolecular Hbond substituents is 1. The van der Waals surface area contributed by atoms with E-state index in [9.17, 15) is 5.11 Å². The van der Waals surface area contributed by atoms with Gasteiger partial charge in [0, 0.05) is 12.5 Å². The average molecular weight is 192 g/mol. The summed E-state index contributed by atoms with van der Waals surface area (Å²) < 4.78 is 5.59. The van der Waals surface area contributed by atoms with Crippen LogP contribution >= 0.6 is 0 Å². The fourth-order valence-electron chi connectivity index (χ4n) is 1.18. The van der Waals surface area contributed by atoms with Gasteiger partial charge in [-0.1, -0.05) is 19.9 Å². The van der Waals surface area contributed by atoms with E-state index in [1.165, 1.54) is 0 Å². The lowest BCUT2D eigenvalue weighted by Crippen LogP contribution is -1.93. The van der Waals surface area contributed by atoms with Gasteiger partial charge in [0.05, 0.1) is 5.76 Å². The molecule has 0 unspecified atom stereocenters. The van der Waals surface area contributed by atoms with Gasteiger partial charge in [-0.2, -0.15) is 0 Å². The number of allylic oxidation sites excluding steroid dienone is 2. The number of benzene rings is 1. The van der Waals surface area contributed by atoms with Crippen molar-refractivity contribution in [2.45, 2.75) is 26.7 Å². The van der Waals surface area contributed by atoms with E-state index in [-0.39, 0.29) is 5.75 Å². The molecule has 1 aromatic rings. The summed E-state index contributed by atoms with van der Waals surface area (Å²) in [5.74, 6) is 1.86. The van der Waals surface area contributed by atoms with Crippen molar-refractivity contribution in [2.75, 3.05) is 0 Å². The van der Waals surface area contributed by atoms with Crippen LogP contribution in [0.15, 0.2) is 36.1 Å². The first-order chi connectivity index (χ1) is 6.76. The standard InChI is InChI=1S/C12H16O2/c1-3-6-11(4-2)14-12-8-5-7-10(13)9-12/h5-9,13H,3-4H2,1-2H3/b11-6+. The van der Waals surface area contributed by atoms with E-state index in [0.29, 0.717) is 5.75 Å². The van der Waals surface area contributed by atoms with E-state index in [2.05, 4.69) is 6.92 Å². The molecule has 0 bridgehead atoms. The predicted molar refractivity (Wildman–Crippen MR) is 57.4 cm³/mol. The normalized spacial score (nSPS) is 11.4. The SMILES string of the molecule is CC/C=C(\CC)Oc1cccc(O)c1. The summed E-state index contributed by atoms with van der Waals surface area (Å²) >= 11 is 0. The van der Waals surface area contributed by atoms with Crippen LogP contribution in [0, 0.1) is 0 Å². The van der Waals surface area contributed by atoms with Gasteiger partial charge in [0.2, 0.25) is 0 Å². The molecule has 0 radical (unpaired) electrons. The molecule has 1 N–H and O–H groups in total. The summed E-state index contributed by atoms with van der Waals surface area (Å²) in [6.07, 6.45) is 3.87. The third kappa shape index (κ3) is 3.13. The van der Waals surface area contributed by atoms with Crippen LogP contribution in [0.1, 0.15) is 26.7 Å². The summed E-state index contributed by atoms with van der Waals surface area (Å²) in [5.41, 5.74) is 0. The van der Waals surface area contributed by atoms with Gasteiger partial charge in [0.15, 0.2) is 0 Å². The Bertz CT molecular complexity index is 316. The third-order valence-corrected chi connectivity index (χ3v) is 1.85. The van der Waals surface area contributed by atoms with Crippen LogP contribution in [-0.4, -0.2) is 5.11 Å². The molecule has 2 heteroatoms. The molecule has 0 spiro atoms. The van der Waals surface area contributed by atoms with Crippen molar-refractivity contribution in [3.05, 3.63) is 36.1 Å². The maximum Gasteiger partial charge on any atom is 0.130 e. The molecule has 0 atom stereocenters. The molecular formula is C12H16O2. The number of aromatic hydroxyl groups is 1. The Kier molecular flexibility index (Phi) is 4.05. The molecule has 0 heterocycles. The van der Waals surface area contributed by atoms with Crippen LogP contribution in [0.2, 0.25) is 0 Å². The van der Waals surface area contributed by atoms with Crippen LogP contribution in [0.25, 0.3) is 0 Å². The van der Waals surface area contributed by atoms with Gasteiger partial charge in [0.25, 0.3) is 0 Å². The summed E-state index contributed by atoms with van der Waals surface area (Å²) in [6.45, 7) is 4.12. The first kappa shape index (κ1) is 10.6. The average Bonchev–Trinajstić information content (AvgIpc) is 2.17. The zero-order valence-electron chi connectivity index (χ0n) is 8.66. The van der Waals surface area contributed by atoms with Crippen LogP contribution in [0.5, 0.6) is 11.5 Å². The van der Waals surface area contributed by atoms with E-state index >= 15 is 0 Å². The van der Waals surface area contributed by atoms with Crippen molar-refractivity contribution in [3.8, 4) is 11.5 Å². The first-order valence-electron chi connectivity index (χ1n) is 4.92. The molecule has 0 fully saturated rings. The number of hydrogen-bond acceptors (Lipinski definition) is 2. The highest BCUT2D eigenvalue weighted by Crippen LogP contribution is 2.20. The lowest BCUT2D eigenvalue weighted by Gasteiger charge is -2.07. The zero-order chi connectivity index (χ0) is 10.4. The maximum atomic E-state index is 9.23. The maximum absolute atomic E-state index is 9.23. The molecule has 0 aliphatic rings. The van der Waals surface area contributed by atoms with Gasteiger partial charge in [-0.05, 0) is 24.6 Å². The smallest absolute Gasteiger partial charge is 0.130 e. The Morgan fingerprint density at radius 3 is 2.79 bits per heavy atom. The molecule has 0 aliphatic heterocycles. The van der Waals surface area contributed by atoms with Crippen molar-refractivity contribution in [1.29, 1.82) is 0 Å². The second-order valence-electron chi connectivity index (χ2n) is 3.03. The van der Waals surface area contributed by atoms with Crippen LogP contribution < -0.4 is 4.74 Å². The van der Waals surface area contributed by atoms with Crippen LogP contribution in [0.4, 0.5) is 0 Å². The van der Waals surface area contributed by atoms with E-state index in [1.54, 1.807) is 18.2 Å². The lowest BCUT2D eigenvalue weighted by atomic mass is 10.3. The number of ether oxygens (including phenoxy) is 1. The molecule has 76 valence electrons. The minimum Gasteiger partial charge on any atom is -0.508 e. The minimum atomic E-state index is 0.231. The predicted octanol–water partition coefficient (Wildman–Crippen LogP) is 3.47. The summed E-state index contributed by atoms with van der Waals surface area (Å²) in [5, 5.41) is 9.23.